The summed E-state index contributed by atoms with van der Waals surface area (Å²) in [5.74, 6) is 0.826. The molecule has 0 aliphatic heterocycles. The molecule has 0 saturated heterocycles. The summed E-state index contributed by atoms with van der Waals surface area (Å²) in [5.41, 5.74) is 7.58. The summed E-state index contributed by atoms with van der Waals surface area (Å²) in [7, 11) is 0. The van der Waals surface area contributed by atoms with Crippen molar-refractivity contribution in [3.63, 3.8) is 0 Å². The molecule has 1 aliphatic carbocycles. The highest BCUT2D eigenvalue weighted by Crippen LogP contribution is 2.38. The molecular weight excluding hydrogens is 216 g/mol. The van der Waals surface area contributed by atoms with Crippen LogP contribution in [0.4, 0.5) is 0 Å². The van der Waals surface area contributed by atoms with E-state index in [2.05, 4.69) is 25.8 Å². The molecule has 0 bridgehead atoms. The van der Waals surface area contributed by atoms with Crippen molar-refractivity contribution in [3.8, 4) is 0 Å². The third-order valence-corrected chi connectivity index (χ3v) is 5.15. The van der Waals surface area contributed by atoms with Gasteiger partial charge in [0, 0.05) is 4.88 Å². The lowest BCUT2D eigenvalue weighted by Gasteiger charge is -2.25. The number of rotatable bonds is 1. The molecule has 1 heterocycles. The summed E-state index contributed by atoms with van der Waals surface area (Å²) in [5, 5.41) is 1.16. The third-order valence-electron chi connectivity index (χ3n) is 3.86. The minimum absolute atomic E-state index is 0.144. The van der Waals surface area contributed by atoms with Gasteiger partial charge in [-0.2, -0.15) is 0 Å². The van der Waals surface area contributed by atoms with E-state index >= 15 is 0 Å². The Morgan fingerprint density at radius 1 is 1.31 bits per heavy atom. The summed E-state index contributed by atoms with van der Waals surface area (Å²) in [6.07, 6.45) is 6.01. The van der Waals surface area contributed by atoms with Crippen LogP contribution >= 0.6 is 11.3 Å². The predicted octanol–water partition coefficient (Wildman–Crippen LogP) is 3.51. The van der Waals surface area contributed by atoms with Crippen LogP contribution in [-0.4, -0.2) is 4.98 Å². The maximum atomic E-state index is 6.57. The van der Waals surface area contributed by atoms with Crippen molar-refractivity contribution in [2.45, 2.75) is 58.4 Å². The first-order valence-corrected chi connectivity index (χ1v) is 7.06. The summed E-state index contributed by atoms with van der Waals surface area (Å²) in [4.78, 5) is 5.98. The Morgan fingerprint density at radius 2 is 2.06 bits per heavy atom. The molecular formula is C13H22N2S. The van der Waals surface area contributed by atoms with E-state index in [9.17, 15) is 0 Å². The van der Waals surface area contributed by atoms with Gasteiger partial charge in [0.1, 0.15) is 5.01 Å². The highest BCUT2D eigenvalue weighted by molar-refractivity contribution is 7.11. The van der Waals surface area contributed by atoms with Crippen molar-refractivity contribution in [2.24, 2.45) is 11.7 Å². The van der Waals surface area contributed by atoms with Crippen LogP contribution in [0.3, 0.4) is 0 Å². The molecule has 1 aromatic heterocycles. The number of hydrogen-bond donors (Lipinski definition) is 1. The monoisotopic (exact) mass is 238 g/mol. The minimum atomic E-state index is -0.144. The van der Waals surface area contributed by atoms with Gasteiger partial charge >= 0.3 is 0 Å². The van der Waals surface area contributed by atoms with Crippen LogP contribution in [0.5, 0.6) is 0 Å². The van der Waals surface area contributed by atoms with Gasteiger partial charge in [0.05, 0.1) is 11.2 Å². The molecule has 0 spiro atoms. The second kappa shape index (κ2) is 4.46. The van der Waals surface area contributed by atoms with Crippen molar-refractivity contribution >= 4 is 11.3 Å². The quantitative estimate of drug-likeness (QED) is 0.760. The Morgan fingerprint density at radius 3 is 2.69 bits per heavy atom. The molecule has 0 radical (unpaired) electrons. The summed E-state index contributed by atoms with van der Waals surface area (Å²) in [6, 6.07) is 0. The van der Waals surface area contributed by atoms with E-state index in [1.165, 1.54) is 24.1 Å². The van der Waals surface area contributed by atoms with E-state index in [0.717, 1.165) is 29.5 Å². The SMILES string of the molecule is Cc1nc(C2(N)CCCC(C)CC2)sc1C. The van der Waals surface area contributed by atoms with Gasteiger partial charge in [0.2, 0.25) is 0 Å². The zero-order valence-corrected chi connectivity index (χ0v) is 11.4. The van der Waals surface area contributed by atoms with E-state index in [1.807, 2.05) is 0 Å². The standard InChI is InChI=1S/C13H22N2S/c1-9-5-4-7-13(14,8-6-9)12-15-10(2)11(3)16-12/h9H,4-8,14H2,1-3H3. The van der Waals surface area contributed by atoms with Crippen molar-refractivity contribution in [2.75, 3.05) is 0 Å². The lowest BCUT2D eigenvalue weighted by Crippen LogP contribution is -2.36. The average Bonchev–Trinajstić information content (AvgIpc) is 2.46. The Hall–Kier alpha value is -0.410. The van der Waals surface area contributed by atoms with Crippen LogP contribution < -0.4 is 5.73 Å². The maximum absolute atomic E-state index is 6.57. The first-order chi connectivity index (χ1) is 7.51. The highest BCUT2D eigenvalue weighted by Gasteiger charge is 2.33. The number of aromatic nitrogens is 1. The van der Waals surface area contributed by atoms with Gasteiger partial charge in [-0.05, 0) is 39.0 Å². The number of hydrogen-bond acceptors (Lipinski definition) is 3. The highest BCUT2D eigenvalue weighted by atomic mass is 32.1. The lowest BCUT2D eigenvalue weighted by molar-refractivity contribution is 0.376. The zero-order chi connectivity index (χ0) is 11.8. The minimum Gasteiger partial charge on any atom is -0.319 e. The molecule has 16 heavy (non-hydrogen) atoms. The Bertz CT molecular complexity index is 353. The van der Waals surface area contributed by atoms with Gasteiger partial charge in [-0.3, -0.25) is 0 Å². The fourth-order valence-corrected chi connectivity index (χ4v) is 3.51. The largest absolute Gasteiger partial charge is 0.319 e. The number of thiazole rings is 1. The van der Waals surface area contributed by atoms with Gasteiger partial charge in [-0.25, -0.2) is 4.98 Å². The van der Waals surface area contributed by atoms with Gasteiger partial charge < -0.3 is 5.73 Å². The molecule has 90 valence electrons. The maximum Gasteiger partial charge on any atom is 0.113 e. The van der Waals surface area contributed by atoms with Gasteiger partial charge in [0.15, 0.2) is 0 Å². The molecule has 1 aromatic rings. The van der Waals surface area contributed by atoms with Crippen molar-refractivity contribution in [1.82, 2.24) is 4.98 Å². The fraction of sp³-hybridized carbons (Fsp3) is 0.769. The summed E-state index contributed by atoms with van der Waals surface area (Å²) >= 11 is 1.79. The Labute approximate surface area is 102 Å². The van der Waals surface area contributed by atoms with Crippen LogP contribution in [0.25, 0.3) is 0 Å². The molecule has 2 rings (SSSR count). The van der Waals surface area contributed by atoms with Crippen molar-refractivity contribution in [1.29, 1.82) is 0 Å². The molecule has 2 nitrogen and oxygen atoms in total. The molecule has 1 aliphatic rings. The number of nitrogens with zero attached hydrogens (tertiary/aromatic N) is 1. The van der Waals surface area contributed by atoms with Gasteiger partial charge in [-0.1, -0.05) is 19.8 Å². The predicted molar refractivity (Wildman–Crippen MR) is 69.7 cm³/mol. The first kappa shape index (κ1) is 12.1. The zero-order valence-electron chi connectivity index (χ0n) is 10.5. The molecule has 2 N–H and O–H groups in total. The summed E-state index contributed by atoms with van der Waals surface area (Å²) in [6.45, 7) is 6.56. The second-order valence-corrected chi connectivity index (χ2v) is 6.56. The molecule has 2 atom stereocenters. The van der Waals surface area contributed by atoms with E-state index in [4.69, 9.17) is 5.73 Å². The van der Waals surface area contributed by atoms with Crippen LogP contribution in [0, 0.1) is 19.8 Å². The molecule has 0 amide bonds. The smallest absolute Gasteiger partial charge is 0.113 e. The van der Waals surface area contributed by atoms with Gasteiger partial charge in [-0.15, -0.1) is 11.3 Å². The third kappa shape index (κ3) is 2.30. The van der Waals surface area contributed by atoms with E-state index < -0.39 is 0 Å². The number of aryl methyl sites for hydroxylation is 2. The first-order valence-electron chi connectivity index (χ1n) is 6.25. The molecule has 2 unspecified atom stereocenters. The summed E-state index contributed by atoms with van der Waals surface area (Å²) < 4.78 is 0. The van der Waals surface area contributed by atoms with E-state index in [1.54, 1.807) is 11.3 Å². The molecule has 0 aromatic carbocycles. The van der Waals surface area contributed by atoms with Crippen LogP contribution in [0.15, 0.2) is 0 Å². The lowest BCUT2D eigenvalue weighted by atomic mass is 9.92. The fourth-order valence-electron chi connectivity index (χ4n) is 2.44. The molecule has 1 fully saturated rings. The number of nitrogens with two attached hydrogens (primary N) is 1. The Kier molecular flexibility index (Phi) is 3.36. The van der Waals surface area contributed by atoms with Crippen LogP contribution in [-0.2, 0) is 5.54 Å². The molecule has 1 saturated carbocycles. The van der Waals surface area contributed by atoms with Crippen LogP contribution in [0.2, 0.25) is 0 Å². The van der Waals surface area contributed by atoms with Gasteiger partial charge in [0.25, 0.3) is 0 Å². The van der Waals surface area contributed by atoms with E-state index in [0.29, 0.717) is 0 Å². The topological polar surface area (TPSA) is 38.9 Å². The Balaban J connectivity index is 2.23. The van der Waals surface area contributed by atoms with Crippen LogP contribution in [0.1, 0.15) is 54.6 Å². The average molecular weight is 238 g/mol. The van der Waals surface area contributed by atoms with Crippen molar-refractivity contribution in [3.05, 3.63) is 15.6 Å². The van der Waals surface area contributed by atoms with Crippen molar-refractivity contribution < 1.29 is 0 Å². The van der Waals surface area contributed by atoms with E-state index in [-0.39, 0.29) is 5.54 Å². The second-order valence-electron chi connectivity index (χ2n) is 5.35. The molecule has 3 heteroatoms. The normalized spacial score (nSPS) is 31.4.